The topological polar surface area (TPSA) is 32.7 Å². The molecule has 58 valence electrons. The minimum atomic E-state index is 0.285. The van der Waals surface area contributed by atoms with Gasteiger partial charge in [0.15, 0.2) is 0 Å². The van der Waals surface area contributed by atoms with Crippen molar-refractivity contribution in [1.82, 2.24) is 4.90 Å². The Kier molecular flexibility index (Phi) is 1.64. The molecule has 3 rings (SSSR count). The molecule has 0 aromatic carbocycles. The number of aliphatic hydroxyl groups excluding tert-OH is 1. The number of ether oxygens (including phenoxy) is 1. The van der Waals surface area contributed by atoms with Crippen LogP contribution in [0.5, 0.6) is 0 Å². The van der Waals surface area contributed by atoms with Crippen LogP contribution in [0.2, 0.25) is 0 Å². The number of nitrogens with zero attached hydrogens (tertiary/aromatic N) is 1. The second-order valence-corrected chi connectivity index (χ2v) is 3.04. The fourth-order valence-electron chi connectivity index (χ4n) is 1.89. The smallest absolute Gasteiger partial charge is 0.0623 e. The van der Waals surface area contributed by atoms with Gasteiger partial charge in [0.1, 0.15) is 0 Å². The van der Waals surface area contributed by atoms with Crippen molar-refractivity contribution in [3.05, 3.63) is 0 Å². The molecular weight excluding hydrogens is 130 g/mol. The van der Waals surface area contributed by atoms with Gasteiger partial charge in [-0.2, -0.15) is 0 Å². The van der Waals surface area contributed by atoms with Crippen molar-refractivity contribution in [2.45, 2.75) is 18.5 Å². The molecule has 1 N–H and O–H groups in total. The standard InChI is InChI=1S/C7H13NO2/c9-2-1-8-6-3-7(8)5-10-4-6/h6-7,9H,1-5H2/t6-,7-/m1/s1. The summed E-state index contributed by atoms with van der Waals surface area (Å²) in [7, 11) is 0. The maximum atomic E-state index is 8.67. The molecule has 3 heterocycles. The lowest BCUT2D eigenvalue weighted by atomic mass is 9.92. The fourth-order valence-corrected chi connectivity index (χ4v) is 1.89. The van der Waals surface area contributed by atoms with E-state index in [0.717, 1.165) is 19.8 Å². The van der Waals surface area contributed by atoms with Gasteiger partial charge >= 0.3 is 0 Å². The molecule has 3 saturated heterocycles. The third-order valence-corrected chi connectivity index (χ3v) is 2.46. The van der Waals surface area contributed by atoms with Gasteiger partial charge in [0.05, 0.1) is 19.8 Å². The van der Waals surface area contributed by atoms with Gasteiger partial charge in [0, 0.05) is 18.6 Å². The largest absolute Gasteiger partial charge is 0.395 e. The second kappa shape index (κ2) is 2.49. The highest BCUT2D eigenvalue weighted by Crippen LogP contribution is 2.29. The van der Waals surface area contributed by atoms with Crippen LogP contribution in [0.25, 0.3) is 0 Å². The lowest BCUT2D eigenvalue weighted by Gasteiger charge is -2.52. The van der Waals surface area contributed by atoms with Gasteiger partial charge in [-0.1, -0.05) is 0 Å². The lowest BCUT2D eigenvalue weighted by molar-refractivity contribution is -0.130. The van der Waals surface area contributed by atoms with Crippen LogP contribution in [0.1, 0.15) is 6.42 Å². The molecule has 0 spiro atoms. The van der Waals surface area contributed by atoms with E-state index in [1.54, 1.807) is 0 Å². The summed E-state index contributed by atoms with van der Waals surface area (Å²) in [6.45, 7) is 2.86. The van der Waals surface area contributed by atoms with Gasteiger partial charge in [-0.05, 0) is 6.42 Å². The summed E-state index contributed by atoms with van der Waals surface area (Å²) in [5, 5.41) is 8.67. The summed E-state index contributed by atoms with van der Waals surface area (Å²) < 4.78 is 5.28. The van der Waals surface area contributed by atoms with E-state index < -0.39 is 0 Å². The van der Waals surface area contributed by atoms with E-state index in [4.69, 9.17) is 9.84 Å². The first-order valence-corrected chi connectivity index (χ1v) is 3.86. The average molecular weight is 143 g/mol. The molecule has 3 aliphatic rings. The van der Waals surface area contributed by atoms with E-state index in [-0.39, 0.29) is 6.61 Å². The number of aliphatic hydroxyl groups is 1. The first kappa shape index (κ1) is 6.58. The molecule has 0 amide bonds. The number of rotatable bonds is 2. The minimum absolute atomic E-state index is 0.285. The molecule has 3 fully saturated rings. The van der Waals surface area contributed by atoms with Crippen molar-refractivity contribution in [3.63, 3.8) is 0 Å². The molecule has 0 aromatic rings. The van der Waals surface area contributed by atoms with Crippen LogP contribution in [0.15, 0.2) is 0 Å². The van der Waals surface area contributed by atoms with E-state index in [0.29, 0.717) is 12.1 Å². The van der Waals surface area contributed by atoms with Crippen LogP contribution >= 0.6 is 0 Å². The van der Waals surface area contributed by atoms with E-state index in [1.807, 2.05) is 0 Å². The number of morpholine rings is 1. The van der Waals surface area contributed by atoms with Crippen LogP contribution in [-0.4, -0.2) is 48.5 Å². The van der Waals surface area contributed by atoms with Crippen molar-refractivity contribution in [2.24, 2.45) is 0 Å². The third-order valence-electron chi connectivity index (χ3n) is 2.46. The zero-order chi connectivity index (χ0) is 6.97. The Labute approximate surface area is 60.6 Å². The predicted molar refractivity (Wildman–Crippen MR) is 36.8 cm³/mol. The monoisotopic (exact) mass is 143 g/mol. The molecule has 0 aliphatic carbocycles. The Bertz CT molecular complexity index is 115. The normalized spacial score (nSPS) is 39.3. The van der Waals surface area contributed by atoms with Gasteiger partial charge in [-0.3, -0.25) is 4.90 Å². The Morgan fingerprint density at radius 2 is 2.10 bits per heavy atom. The summed E-state index contributed by atoms with van der Waals surface area (Å²) in [4.78, 5) is 2.34. The van der Waals surface area contributed by atoms with Crippen molar-refractivity contribution in [1.29, 1.82) is 0 Å². The van der Waals surface area contributed by atoms with Gasteiger partial charge < -0.3 is 9.84 Å². The van der Waals surface area contributed by atoms with Gasteiger partial charge in [-0.15, -0.1) is 0 Å². The number of fused-ring (bicyclic) bond motifs is 2. The fraction of sp³-hybridized carbons (Fsp3) is 1.00. The van der Waals surface area contributed by atoms with E-state index >= 15 is 0 Å². The molecule has 0 saturated carbocycles. The first-order chi connectivity index (χ1) is 4.92. The highest BCUT2D eigenvalue weighted by Gasteiger charge is 2.41. The van der Waals surface area contributed by atoms with Crippen molar-refractivity contribution in [2.75, 3.05) is 26.4 Å². The molecule has 2 atom stereocenters. The van der Waals surface area contributed by atoms with Gasteiger partial charge in [0.2, 0.25) is 0 Å². The van der Waals surface area contributed by atoms with E-state index in [9.17, 15) is 0 Å². The zero-order valence-electron chi connectivity index (χ0n) is 5.99. The van der Waals surface area contributed by atoms with Crippen LogP contribution < -0.4 is 0 Å². The highest BCUT2D eigenvalue weighted by molar-refractivity contribution is 4.95. The minimum Gasteiger partial charge on any atom is -0.395 e. The Morgan fingerprint density at radius 1 is 1.40 bits per heavy atom. The molecule has 3 nitrogen and oxygen atoms in total. The Morgan fingerprint density at radius 3 is 2.60 bits per heavy atom. The number of hydrogen-bond acceptors (Lipinski definition) is 3. The first-order valence-electron chi connectivity index (χ1n) is 3.86. The molecular formula is C7H13NO2. The van der Waals surface area contributed by atoms with E-state index in [2.05, 4.69) is 4.90 Å². The molecule has 2 bridgehead atoms. The van der Waals surface area contributed by atoms with Crippen LogP contribution in [-0.2, 0) is 4.74 Å². The summed E-state index contributed by atoms with van der Waals surface area (Å²) in [6.07, 6.45) is 1.28. The summed E-state index contributed by atoms with van der Waals surface area (Å²) in [5.74, 6) is 0. The summed E-state index contributed by atoms with van der Waals surface area (Å²) >= 11 is 0. The molecule has 0 unspecified atom stereocenters. The van der Waals surface area contributed by atoms with E-state index in [1.165, 1.54) is 6.42 Å². The third kappa shape index (κ3) is 0.856. The molecule has 0 radical (unpaired) electrons. The van der Waals surface area contributed by atoms with Crippen LogP contribution in [0, 0.1) is 0 Å². The molecule has 3 heteroatoms. The number of hydrogen-bond donors (Lipinski definition) is 1. The average Bonchev–Trinajstić information content (AvgIpc) is 2.01. The molecule has 3 aliphatic heterocycles. The van der Waals surface area contributed by atoms with Crippen molar-refractivity contribution in [3.8, 4) is 0 Å². The lowest BCUT2D eigenvalue weighted by Crippen LogP contribution is -2.64. The maximum absolute atomic E-state index is 8.67. The SMILES string of the molecule is OCCN1[C@H]2COC[C@H]1C2. The van der Waals surface area contributed by atoms with Gasteiger partial charge in [0.25, 0.3) is 0 Å². The quantitative estimate of drug-likeness (QED) is 0.563. The Balaban J connectivity index is 1.87. The second-order valence-electron chi connectivity index (χ2n) is 3.04. The predicted octanol–water partition coefficient (Wildman–Crippen LogP) is -0.548. The van der Waals surface area contributed by atoms with Gasteiger partial charge in [-0.25, -0.2) is 0 Å². The van der Waals surface area contributed by atoms with Crippen LogP contribution in [0.3, 0.4) is 0 Å². The molecule has 0 aromatic heterocycles. The zero-order valence-corrected chi connectivity index (χ0v) is 5.99. The highest BCUT2D eigenvalue weighted by atomic mass is 16.5. The Hall–Kier alpha value is -0.120. The molecule has 10 heavy (non-hydrogen) atoms. The van der Waals surface area contributed by atoms with Crippen LogP contribution in [0.4, 0.5) is 0 Å². The van der Waals surface area contributed by atoms with Crippen molar-refractivity contribution < 1.29 is 9.84 Å². The van der Waals surface area contributed by atoms with Crippen molar-refractivity contribution >= 4 is 0 Å². The maximum Gasteiger partial charge on any atom is 0.0623 e. The summed E-state index contributed by atoms with van der Waals surface area (Å²) in [6, 6.07) is 1.23. The summed E-state index contributed by atoms with van der Waals surface area (Å²) in [5.41, 5.74) is 0.